The SMILES string of the molecule is CCCN1C(=O)C(=O)/C(=C(\O)c2ccc3c(c2)N(C)CCO3)C1c1ccco1. The molecule has 2 aromatic rings. The molecule has 1 saturated heterocycles. The lowest BCUT2D eigenvalue weighted by Crippen LogP contribution is -2.30. The van der Waals surface area contributed by atoms with Crippen molar-refractivity contribution in [1.29, 1.82) is 0 Å². The van der Waals surface area contributed by atoms with Gasteiger partial charge in [0, 0.05) is 19.2 Å². The average molecular weight is 382 g/mol. The number of fused-ring (bicyclic) bond motifs is 1. The van der Waals surface area contributed by atoms with E-state index in [4.69, 9.17) is 9.15 Å². The summed E-state index contributed by atoms with van der Waals surface area (Å²) < 4.78 is 11.1. The average Bonchev–Trinajstić information content (AvgIpc) is 3.30. The third kappa shape index (κ3) is 2.83. The van der Waals surface area contributed by atoms with Crippen LogP contribution in [0.1, 0.15) is 30.7 Å². The molecular formula is C21H22N2O5. The van der Waals surface area contributed by atoms with Gasteiger partial charge in [0.05, 0.1) is 24.1 Å². The minimum atomic E-state index is -0.736. The number of likely N-dealkylation sites (tertiary alicyclic amines) is 1. The molecule has 3 heterocycles. The van der Waals surface area contributed by atoms with Gasteiger partial charge < -0.3 is 24.1 Å². The zero-order valence-corrected chi connectivity index (χ0v) is 15.8. The molecule has 2 aliphatic rings. The van der Waals surface area contributed by atoms with E-state index in [-0.39, 0.29) is 11.3 Å². The summed E-state index contributed by atoms with van der Waals surface area (Å²) in [4.78, 5) is 28.9. The molecule has 1 aromatic heterocycles. The van der Waals surface area contributed by atoms with E-state index in [1.54, 1.807) is 30.3 Å². The van der Waals surface area contributed by atoms with Gasteiger partial charge in [-0.25, -0.2) is 0 Å². The molecule has 7 heteroatoms. The lowest BCUT2D eigenvalue weighted by atomic mass is 9.98. The van der Waals surface area contributed by atoms with Gasteiger partial charge in [0.25, 0.3) is 11.7 Å². The Hall–Kier alpha value is -3.22. The molecule has 1 amide bonds. The first kappa shape index (κ1) is 18.2. The standard InChI is InChI=1S/C21H22N2O5/c1-3-8-23-18(16-5-4-10-27-16)17(20(25)21(23)26)19(24)13-6-7-15-14(12-13)22(2)9-11-28-15/h4-7,10,12,18,24H,3,8-9,11H2,1-2H3/b19-17-. The van der Waals surface area contributed by atoms with Crippen LogP contribution in [0.5, 0.6) is 5.75 Å². The maximum atomic E-state index is 12.8. The van der Waals surface area contributed by atoms with Crippen molar-refractivity contribution in [2.24, 2.45) is 0 Å². The van der Waals surface area contributed by atoms with Crippen LogP contribution in [0, 0.1) is 0 Å². The van der Waals surface area contributed by atoms with Gasteiger partial charge in [-0.3, -0.25) is 9.59 Å². The number of anilines is 1. The number of amides is 1. The third-order valence-electron chi connectivity index (χ3n) is 5.15. The lowest BCUT2D eigenvalue weighted by Gasteiger charge is -2.28. The van der Waals surface area contributed by atoms with Gasteiger partial charge in [-0.15, -0.1) is 0 Å². The van der Waals surface area contributed by atoms with Crippen LogP contribution in [0.25, 0.3) is 5.76 Å². The Morgan fingerprint density at radius 2 is 2.11 bits per heavy atom. The molecule has 0 radical (unpaired) electrons. The molecule has 28 heavy (non-hydrogen) atoms. The van der Waals surface area contributed by atoms with Crippen LogP contribution < -0.4 is 9.64 Å². The molecule has 1 aromatic carbocycles. The van der Waals surface area contributed by atoms with Gasteiger partial charge in [-0.05, 0) is 36.8 Å². The second-order valence-electron chi connectivity index (χ2n) is 6.96. The summed E-state index contributed by atoms with van der Waals surface area (Å²) in [5.41, 5.74) is 1.34. The quantitative estimate of drug-likeness (QED) is 0.497. The zero-order chi connectivity index (χ0) is 19.8. The molecule has 1 unspecified atom stereocenters. The summed E-state index contributed by atoms with van der Waals surface area (Å²) in [6.45, 7) is 3.64. The Morgan fingerprint density at radius 3 is 2.82 bits per heavy atom. The zero-order valence-electron chi connectivity index (χ0n) is 15.8. The summed E-state index contributed by atoms with van der Waals surface area (Å²) in [6, 6.07) is 7.91. The van der Waals surface area contributed by atoms with E-state index in [2.05, 4.69) is 0 Å². The summed E-state index contributed by atoms with van der Waals surface area (Å²) in [5.74, 6) is -0.357. The highest BCUT2D eigenvalue weighted by Crippen LogP contribution is 2.41. The van der Waals surface area contributed by atoms with E-state index in [0.717, 1.165) is 18.0 Å². The Labute approximate surface area is 162 Å². The predicted molar refractivity (Wildman–Crippen MR) is 103 cm³/mol. The molecule has 4 rings (SSSR count). The number of nitrogens with zero attached hydrogens (tertiary/aromatic N) is 2. The number of furan rings is 1. The number of aliphatic hydroxyl groups is 1. The summed E-state index contributed by atoms with van der Waals surface area (Å²) in [6.07, 6.45) is 2.18. The Kier molecular flexibility index (Phi) is 4.58. The van der Waals surface area contributed by atoms with E-state index in [0.29, 0.717) is 30.9 Å². The summed E-state index contributed by atoms with van der Waals surface area (Å²) >= 11 is 0. The predicted octanol–water partition coefficient (Wildman–Crippen LogP) is 2.94. The van der Waals surface area contributed by atoms with E-state index >= 15 is 0 Å². The summed E-state index contributed by atoms with van der Waals surface area (Å²) in [5, 5.41) is 11.0. The first-order valence-electron chi connectivity index (χ1n) is 9.33. The number of Topliss-reactive ketones (excluding diaryl/α,β-unsaturated/α-hetero) is 1. The molecule has 7 nitrogen and oxygen atoms in total. The smallest absolute Gasteiger partial charge is 0.295 e. The first-order valence-corrected chi connectivity index (χ1v) is 9.33. The van der Waals surface area contributed by atoms with Crippen LogP contribution >= 0.6 is 0 Å². The highest BCUT2D eigenvalue weighted by atomic mass is 16.5. The number of carbonyl (C=O) groups is 2. The normalized spacial score (nSPS) is 21.0. The third-order valence-corrected chi connectivity index (χ3v) is 5.15. The number of ether oxygens (including phenoxy) is 1. The maximum absolute atomic E-state index is 12.8. The number of rotatable bonds is 4. The van der Waals surface area contributed by atoms with Crippen molar-refractivity contribution in [3.63, 3.8) is 0 Å². The number of ketones is 1. The molecule has 1 fully saturated rings. The highest BCUT2D eigenvalue weighted by Gasteiger charge is 2.47. The molecule has 146 valence electrons. The highest BCUT2D eigenvalue weighted by molar-refractivity contribution is 6.46. The van der Waals surface area contributed by atoms with Crippen molar-refractivity contribution in [2.45, 2.75) is 19.4 Å². The van der Waals surface area contributed by atoms with Gasteiger partial charge in [-0.2, -0.15) is 0 Å². The molecule has 1 atom stereocenters. The Balaban J connectivity index is 1.84. The minimum absolute atomic E-state index is 0.0488. The monoisotopic (exact) mass is 382 g/mol. The van der Waals surface area contributed by atoms with Gasteiger partial charge in [0.1, 0.15) is 29.9 Å². The Bertz CT molecular complexity index is 948. The first-order chi connectivity index (χ1) is 13.5. The van der Waals surface area contributed by atoms with Crippen molar-refractivity contribution in [3.05, 3.63) is 53.5 Å². The van der Waals surface area contributed by atoms with Crippen LogP contribution in [0.3, 0.4) is 0 Å². The maximum Gasteiger partial charge on any atom is 0.295 e. The Morgan fingerprint density at radius 1 is 1.29 bits per heavy atom. The van der Waals surface area contributed by atoms with Gasteiger partial charge in [0.2, 0.25) is 0 Å². The number of hydrogen-bond acceptors (Lipinski definition) is 6. The number of hydrogen-bond donors (Lipinski definition) is 1. The van der Waals surface area contributed by atoms with Gasteiger partial charge in [-0.1, -0.05) is 6.92 Å². The fourth-order valence-corrected chi connectivity index (χ4v) is 3.75. The van der Waals surface area contributed by atoms with Crippen LogP contribution in [-0.2, 0) is 9.59 Å². The van der Waals surface area contributed by atoms with Crippen molar-refractivity contribution in [3.8, 4) is 5.75 Å². The van der Waals surface area contributed by atoms with E-state index < -0.39 is 17.7 Å². The van der Waals surface area contributed by atoms with Gasteiger partial charge in [0.15, 0.2) is 0 Å². The second kappa shape index (κ2) is 7.07. The van der Waals surface area contributed by atoms with Crippen LogP contribution in [0.4, 0.5) is 5.69 Å². The second-order valence-corrected chi connectivity index (χ2v) is 6.96. The summed E-state index contributed by atoms with van der Waals surface area (Å²) in [7, 11) is 1.94. The fourth-order valence-electron chi connectivity index (χ4n) is 3.75. The van der Waals surface area contributed by atoms with E-state index in [9.17, 15) is 14.7 Å². The molecule has 1 N–H and O–H groups in total. The molecule has 0 saturated carbocycles. The minimum Gasteiger partial charge on any atom is -0.507 e. The van der Waals surface area contributed by atoms with Crippen molar-refractivity contribution < 1.29 is 23.8 Å². The number of likely N-dealkylation sites (N-methyl/N-ethyl adjacent to an activating group) is 1. The largest absolute Gasteiger partial charge is 0.507 e. The van der Waals surface area contributed by atoms with E-state index in [1.165, 1.54) is 11.2 Å². The van der Waals surface area contributed by atoms with Crippen molar-refractivity contribution in [2.75, 3.05) is 31.6 Å². The molecular weight excluding hydrogens is 360 g/mol. The fraction of sp³-hybridized carbons (Fsp3) is 0.333. The number of aliphatic hydroxyl groups excluding tert-OH is 1. The van der Waals surface area contributed by atoms with E-state index in [1.807, 2.05) is 18.9 Å². The lowest BCUT2D eigenvalue weighted by molar-refractivity contribution is -0.140. The molecule has 0 bridgehead atoms. The molecule has 2 aliphatic heterocycles. The molecule has 0 aliphatic carbocycles. The van der Waals surface area contributed by atoms with Crippen molar-refractivity contribution >= 4 is 23.1 Å². The van der Waals surface area contributed by atoms with Crippen LogP contribution in [0.15, 0.2) is 46.6 Å². The van der Waals surface area contributed by atoms with Crippen LogP contribution in [0.2, 0.25) is 0 Å². The van der Waals surface area contributed by atoms with Crippen molar-refractivity contribution in [1.82, 2.24) is 4.90 Å². The number of benzene rings is 1. The van der Waals surface area contributed by atoms with Gasteiger partial charge >= 0.3 is 0 Å². The molecule has 0 spiro atoms. The number of carbonyl (C=O) groups excluding carboxylic acids is 2. The van der Waals surface area contributed by atoms with Crippen LogP contribution in [-0.4, -0.2) is 48.4 Å². The topological polar surface area (TPSA) is 83.2 Å².